The van der Waals surface area contributed by atoms with E-state index in [9.17, 15) is 0 Å². The predicted molar refractivity (Wildman–Crippen MR) is 43.7 cm³/mol. The zero-order chi connectivity index (χ0) is 7.94. The highest BCUT2D eigenvalue weighted by molar-refractivity contribution is 5.59. The third-order valence-electron chi connectivity index (χ3n) is 1.74. The summed E-state index contributed by atoms with van der Waals surface area (Å²) in [5, 5.41) is 3.83. The second-order valence-corrected chi connectivity index (χ2v) is 2.62. The summed E-state index contributed by atoms with van der Waals surface area (Å²) in [6, 6.07) is 0. The molecule has 0 unspecified atom stereocenters. The predicted octanol–water partition coefficient (Wildman–Crippen LogP) is 1.44. The molecule has 1 heterocycles. The van der Waals surface area contributed by atoms with Gasteiger partial charge < -0.3 is 9.57 Å². The second kappa shape index (κ2) is 5.13. The van der Waals surface area contributed by atoms with Crippen LogP contribution in [-0.2, 0) is 9.57 Å². The number of nitrogens with zero attached hydrogens (tertiary/aromatic N) is 1. The molecule has 0 bridgehead atoms. The minimum Gasteiger partial charge on any atom is -0.396 e. The fraction of sp³-hybridized carbons (Fsp3) is 0.875. The molecule has 0 aliphatic carbocycles. The zero-order valence-electron chi connectivity index (χ0n) is 6.95. The minimum absolute atomic E-state index is 0.565. The van der Waals surface area contributed by atoms with Crippen molar-refractivity contribution < 1.29 is 9.57 Å². The molecular weight excluding hydrogens is 142 g/mol. The monoisotopic (exact) mass is 157 g/mol. The Kier molecular flexibility index (Phi) is 3.98. The highest BCUT2D eigenvalue weighted by atomic mass is 16.6. The van der Waals surface area contributed by atoms with Gasteiger partial charge in [0.25, 0.3) is 0 Å². The van der Waals surface area contributed by atoms with Crippen molar-refractivity contribution >= 4 is 6.21 Å². The van der Waals surface area contributed by atoms with Gasteiger partial charge in [-0.1, -0.05) is 5.16 Å². The molecule has 0 saturated carbocycles. The summed E-state index contributed by atoms with van der Waals surface area (Å²) in [7, 11) is 0. The molecule has 1 rings (SSSR count). The van der Waals surface area contributed by atoms with Gasteiger partial charge in [0, 0.05) is 25.3 Å². The Morgan fingerprint density at radius 3 is 2.91 bits per heavy atom. The number of hydrogen-bond acceptors (Lipinski definition) is 3. The van der Waals surface area contributed by atoms with Crippen molar-refractivity contribution in [3.05, 3.63) is 0 Å². The lowest BCUT2D eigenvalue weighted by atomic mass is 10.0. The van der Waals surface area contributed by atoms with Crippen LogP contribution in [0.15, 0.2) is 5.16 Å². The van der Waals surface area contributed by atoms with E-state index in [1.807, 2.05) is 13.1 Å². The summed E-state index contributed by atoms with van der Waals surface area (Å²) in [6.07, 6.45) is 4.05. The summed E-state index contributed by atoms with van der Waals surface area (Å²) < 4.78 is 5.20. The SMILES string of the molecule is CCO/N=C/C1CCOCC1. The van der Waals surface area contributed by atoms with Crippen LogP contribution in [-0.4, -0.2) is 26.0 Å². The third-order valence-corrected chi connectivity index (χ3v) is 1.74. The van der Waals surface area contributed by atoms with E-state index in [2.05, 4.69) is 5.16 Å². The maximum Gasteiger partial charge on any atom is 0.114 e. The van der Waals surface area contributed by atoms with Crippen LogP contribution < -0.4 is 0 Å². The van der Waals surface area contributed by atoms with Crippen molar-refractivity contribution in [3.63, 3.8) is 0 Å². The van der Waals surface area contributed by atoms with Gasteiger partial charge in [-0.05, 0) is 19.8 Å². The number of ether oxygens (including phenoxy) is 1. The molecule has 1 fully saturated rings. The number of rotatable bonds is 3. The molecule has 1 aliphatic heterocycles. The average Bonchev–Trinajstić information content (AvgIpc) is 2.07. The van der Waals surface area contributed by atoms with E-state index in [-0.39, 0.29) is 0 Å². The van der Waals surface area contributed by atoms with Gasteiger partial charge in [-0.15, -0.1) is 0 Å². The lowest BCUT2D eigenvalue weighted by Gasteiger charge is -2.17. The van der Waals surface area contributed by atoms with E-state index >= 15 is 0 Å². The molecular formula is C8H15NO2. The summed E-state index contributed by atoms with van der Waals surface area (Å²) in [6.45, 7) is 4.31. The molecule has 0 N–H and O–H groups in total. The first-order chi connectivity index (χ1) is 5.43. The molecule has 0 amide bonds. The minimum atomic E-state index is 0.565. The van der Waals surface area contributed by atoms with Crippen LogP contribution in [0.25, 0.3) is 0 Å². The van der Waals surface area contributed by atoms with Crippen LogP contribution in [0.1, 0.15) is 19.8 Å². The van der Waals surface area contributed by atoms with E-state index in [0.717, 1.165) is 26.1 Å². The molecule has 0 aromatic heterocycles. The van der Waals surface area contributed by atoms with E-state index in [1.54, 1.807) is 0 Å². The zero-order valence-corrected chi connectivity index (χ0v) is 6.95. The van der Waals surface area contributed by atoms with Crippen LogP contribution in [0.5, 0.6) is 0 Å². The Labute approximate surface area is 67.4 Å². The van der Waals surface area contributed by atoms with E-state index in [0.29, 0.717) is 12.5 Å². The number of oxime groups is 1. The Balaban J connectivity index is 2.13. The molecule has 0 aromatic rings. The van der Waals surface area contributed by atoms with Gasteiger partial charge in [0.1, 0.15) is 6.61 Å². The molecule has 3 heteroatoms. The average molecular weight is 157 g/mol. The van der Waals surface area contributed by atoms with Crippen LogP contribution >= 0.6 is 0 Å². The highest BCUT2D eigenvalue weighted by Gasteiger charge is 2.10. The van der Waals surface area contributed by atoms with Crippen molar-refractivity contribution in [1.29, 1.82) is 0 Å². The molecule has 0 spiro atoms. The Hall–Kier alpha value is -0.570. The summed E-state index contributed by atoms with van der Waals surface area (Å²) in [5.74, 6) is 0.565. The lowest BCUT2D eigenvalue weighted by Crippen LogP contribution is -2.16. The van der Waals surface area contributed by atoms with Crippen LogP contribution in [0.4, 0.5) is 0 Å². The molecule has 1 aliphatic rings. The molecule has 3 nitrogen and oxygen atoms in total. The van der Waals surface area contributed by atoms with E-state index in [1.165, 1.54) is 0 Å². The third kappa shape index (κ3) is 3.37. The normalized spacial score (nSPS) is 20.8. The van der Waals surface area contributed by atoms with Crippen LogP contribution in [0.3, 0.4) is 0 Å². The fourth-order valence-corrected chi connectivity index (χ4v) is 1.07. The Morgan fingerprint density at radius 1 is 1.55 bits per heavy atom. The standard InChI is InChI=1S/C8H15NO2/c1-2-11-9-7-8-3-5-10-6-4-8/h7-8H,2-6H2,1H3/b9-7+. The first-order valence-electron chi connectivity index (χ1n) is 4.16. The molecule has 64 valence electrons. The summed E-state index contributed by atoms with van der Waals surface area (Å²) >= 11 is 0. The van der Waals surface area contributed by atoms with Crippen molar-refractivity contribution in [3.8, 4) is 0 Å². The maximum absolute atomic E-state index is 5.20. The van der Waals surface area contributed by atoms with Crippen molar-refractivity contribution in [1.82, 2.24) is 0 Å². The van der Waals surface area contributed by atoms with Crippen molar-refractivity contribution in [2.75, 3.05) is 19.8 Å². The summed E-state index contributed by atoms with van der Waals surface area (Å²) in [4.78, 5) is 4.86. The number of hydrogen-bond donors (Lipinski definition) is 0. The lowest BCUT2D eigenvalue weighted by molar-refractivity contribution is 0.0820. The molecule has 0 aromatic carbocycles. The van der Waals surface area contributed by atoms with Gasteiger partial charge in [-0.2, -0.15) is 0 Å². The highest BCUT2D eigenvalue weighted by Crippen LogP contribution is 2.11. The molecule has 1 saturated heterocycles. The smallest absolute Gasteiger partial charge is 0.114 e. The van der Waals surface area contributed by atoms with Crippen LogP contribution in [0.2, 0.25) is 0 Å². The Morgan fingerprint density at radius 2 is 2.27 bits per heavy atom. The Bertz CT molecular complexity index is 119. The second-order valence-electron chi connectivity index (χ2n) is 2.62. The van der Waals surface area contributed by atoms with Gasteiger partial charge in [0.2, 0.25) is 0 Å². The van der Waals surface area contributed by atoms with Gasteiger partial charge in [-0.25, -0.2) is 0 Å². The maximum atomic E-state index is 5.20. The first-order valence-corrected chi connectivity index (χ1v) is 4.16. The van der Waals surface area contributed by atoms with E-state index < -0.39 is 0 Å². The largest absolute Gasteiger partial charge is 0.396 e. The van der Waals surface area contributed by atoms with Gasteiger partial charge >= 0.3 is 0 Å². The van der Waals surface area contributed by atoms with Gasteiger partial charge in [-0.3, -0.25) is 0 Å². The summed E-state index contributed by atoms with van der Waals surface area (Å²) in [5.41, 5.74) is 0. The molecule has 0 radical (unpaired) electrons. The molecule has 11 heavy (non-hydrogen) atoms. The van der Waals surface area contributed by atoms with Gasteiger partial charge in [0.15, 0.2) is 0 Å². The molecule has 0 atom stereocenters. The fourth-order valence-electron chi connectivity index (χ4n) is 1.07. The quantitative estimate of drug-likeness (QED) is 0.458. The van der Waals surface area contributed by atoms with Crippen molar-refractivity contribution in [2.24, 2.45) is 11.1 Å². The van der Waals surface area contributed by atoms with Crippen LogP contribution in [0, 0.1) is 5.92 Å². The van der Waals surface area contributed by atoms with E-state index in [4.69, 9.17) is 9.57 Å². The van der Waals surface area contributed by atoms with Gasteiger partial charge in [0.05, 0.1) is 0 Å². The van der Waals surface area contributed by atoms with Crippen molar-refractivity contribution in [2.45, 2.75) is 19.8 Å². The topological polar surface area (TPSA) is 30.8 Å². The first kappa shape index (κ1) is 8.53.